The van der Waals surface area contributed by atoms with E-state index in [0.717, 1.165) is 5.56 Å². The Bertz CT molecular complexity index is 1000. The van der Waals surface area contributed by atoms with Gasteiger partial charge in [-0.3, -0.25) is 9.78 Å². The normalized spacial score (nSPS) is 15.2. The lowest BCUT2D eigenvalue weighted by Crippen LogP contribution is -2.51. The second-order valence-electron chi connectivity index (χ2n) is 6.72. The summed E-state index contributed by atoms with van der Waals surface area (Å²) in [6.07, 6.45) is 4.03. The number of nitrogens with zero attached hydrogens (tertiary/aromatic N) is 4. The molecule has 29 heavy (non-hydrogen) atoms. The van der Waals surface area contributed by atoms with Gasteiger partial charge in [-0.25, -0.2) is 18.2 Å². The van der Waals surface area contributed by atoms with Gasteiger partial charge in [0, 0.05) is 38.6 Å². The van der Waals surface area contributed by atoms with E-state index < -0.39 is 22.6 Å². The van der Waals surface area contributed by atoms with Crippen LogP contribution in [-0.2, 0) is 19.6 Å². The van der Waals surface area contributed by atoms with Crippen LogP contribution in [0.3, 0.4) is 0 Å². The number of ether oxygens (including phenoxy) is 1. The Morgan fingerprint density at radius 2 is 1.83 bits per heavy atom. The number of hydrogen-bond acceptors (Lipinski definition) is 7. The third kappa shape index (κ3) is 4.77. The number of aryl methyl sites for hydroxylation is 2. The summed E-state index contributed by atoms with van der Waals surface area (Å²) < 4.78 is 32.2. The van der Waals surface area contributed by atoms with Gasteiger partial charge >= 0.3 is 5.97 Å². The van der Waals surface area contributed by atoms with Crippen molar-refractivity contribution in [2.45, 2.75) is 18.7 Å². The number of carbonyl (C=O) groups is 2. The van der Waals surface area contributed by atoms with Crippen LogP contribution in [0.15, 0.2) is 41.7 Å². The molecule has 0 radical (unpaired) electrons. The maximum atomic E-state index is 12.9. The summed E-state index contributed by atoms with van der Waals surface area (Å²) in [6, 6.07) is 5.21. The smallest absolute Gasteiger partial charge is 0.359 e. The first kappa shape index (κ1) is 20.9. The molecule has 2 aromatic rings. The van der Waals surface area contributed by atoms with Crippen LogP contribution in [0.1, 0.15) is 21.6 Å². The fraction of sp³-hybridized carbons (Fsp3) is 0.368. The van der Waals surface area contributed by atoms with E-state index in [-0.39, 0.29) is 42.7 Å². The van der Waals surface area contributed by atoms with Gasteiger partial charge in [0.05, 0.1) is 11.1 Å². The van der Waals surface area contributed by atoms with Crippen molar-refractivity contribution in [1.82, 2.24) is 19.2 Å². The van der Waals surface area contributed by atoms with E-state index in [1.54, 1.807) is 19.1 Å². The third-order valence-electron chi connectivity index (χ3n) is 4.64. The van der Waals surface area contributed by atoms with Crippen molar-refractivity contribution < 1.29 is 22.7 Å². The zero-order valence-corrected chi connectivity index (χ0v) is 17.1. The minimum atomic E-state index is -3.63. The van der Waals surface area contributed by atoms with Crippen molar-refractivity contribution in [3.63, 3.8) is 0 Å². The van der Waals surface area contributed by atoms with Crippen LogP contribution >= 0.6 is 0 Å². The summed E-state index contributed by atoms with van der Waals surface area (Å²) in [6.45, 7) is 4.06. The Morgan fingerprint density at radius 1 is 1.10 bits per heavy atom. The van der Waals surface area contributed by atoms with E-state index in [0.29, 0.717) is 5.56 Å². The monoisotopic (exact) mass is 418 g/mol. The second-order valence-corrected chi connectivity index (χ2v) is 8.63. The lowest BCUT2D eigenvalue weighted by Gasteiger charge is -2.34. The van der Waals surface area contributed by atoms with Crippen LogP contribution in [0.5, 0.6) is 0 Å². The van der Waals surface area contributed by atoms with Crippen molar-refractivity contribution in [1.29, 1.82) is 0 Å². The number of piperazine rings is 1. The highest BCUT2D eigenvalue weighted by Gasteiger charge is 2.31. The standard InChI is InChI=1S/C19H22N4O5S/c1-14-3-4-17(15(2)11-14)29(26,27)23-9-7-22(8-10-23)18(24)13-28-19(25)16-12-20-5-6-21-16/h3-6,11-12H,7-10,13H2,1-2H3. The summed E-state index contributed by atoms with van der Waals surface area (Å²) in [4.78, 5) is 33.5. The van der Waals surface area contributed by atoms with Crippen molar-refractivity contribution in [3.05, 3.63) is 53.6 Å². The molecule has 1 amide bonds. The van der Waals surface area contributed by atoms with Gasteiger partial charge in [-0.05, 0) is 25.5 Å². The fourth-order valence-corrected chi connectivity index (χ4v) is 4.73. The molecule has 0 spiro atoms. The van der Waals surface area contributed by atoms with Gasteiger partial charge in [0.25, 0.3) is 5.91 Å². The van der Waals surface area contributed by atoms with Gasteiger partial charge in [-0.1, -0.05) is 17.7 Å². The van der Waals surface area contributed by atoms with E-state index in [1.165, 1.54) is 27.8 Å². The van der Waals surface area contributed by atoms with Crippen LogP contribution in [0.4, 0.5) is 0 Å². The molecule has 1 fully saturated rings. The fourth-order valence-electron chi connectivity index (χ4n) is 3.10. The Morgan fingerprint density at radius 3 is 2.45 bits per heavy atom. The van der Waals surface area contributed by atoms with Crippen LogP contribution in [0, 0.1) is 13.8 Å². The molecule has 0 saturated carbocycles. The minimum absolute atomic E-state index is 0.0182. The quantitative estimate of drug-likeness (QED) is 0.660. The number of benzene rings is 1. The summed E-state index contributed by atoms with van der Waals surface area (Å²) in [5.41, 5.74) is 1.71. The zero-order valence-electron chi connectivity index (χ0n) is 16.2. The SMILES string of the molecule is Cc1ccc(S(=O)(=O)N2CCN(C(=O)COC(=O)c3cnccn3)CC2)c(C)c1. The molecule has 10 heteroatoms. The molecule has 2 heterocycles. The van der Waals surface area contributed by atoms with Crippen molar-refractivity contribution >= 4 is 21.9 Å². The van der Waals surface area contributed by atoms with Crippen molar-refractivity contribution in [2.24, 2.45) is 0 Å². The maximum absolute atomic E-state index is 12.9. The van der Waals surface area contributed by atoms with Gasteiger partial charge in [-0.15, -0.1) is 0 Å². The number of carbonyl (C=O) groups excluding carboxylic acids is 2. The van der Waals surface area contributed by atoms with Gasteiger partial charge < -0.3 is 9.64 Å². The molecule has 0 N–H and O–H groups in total. The van der Waals surface area contributed by atoms with Gasteiger partial charge in [-0.2, -0.15) is 4.31 Å². The molecule has 0 atom stereocenters. The first-order valence-corrected chi connectivity index (χ1v) is 10.5. The van der Waals surface area contributed by atoms with E-state index in [4.69, 9.17) is 4.74 Å². The second kappa shape index (κ2) is 8.66. The highest BCUT2D eigenvalue weighted by molar-refractivity contribution is 7.89. The van der Waals surface area contributed by atoms with E-state index in [1.807, 2.05) is 13.0 Å². The summed E-state index contributed by atoms with van der Waals surface area (Å²) in [5, 5.41) is 0. The molecule has 0 bridgehead atoms. The molecule has 1 aromatic heterocycles. The highest BCUT2D eigenvalue weighted by atomic mass is 32.2. The molecule has 3 rings (SSSR count). The van der Waals surface area contributed by atoms with E-state index in [9.17, 15) is 18.0 Å². The number of rotatable bonds is 5. The predicted molar refractivity (Wildman–Crippen MR) is 104 cm³/mol. The molecular weight excluding hydrogens is 396 g/mol. The molecule has 1 aliphatic rings. The van der Waals surface area contributed by atoms with Crippen LogP contribution < -0.4 is 0 Å². The van der Waals surface area contributed by atoms with Crippen molar-refractivity contribution in [3.8, 4) is 0 Å². The Labute approximate surface area is 169 Å². The summed E-state index contributed by atoms with van der Waals surface area (Å²) in [5.74, 6) is -1.12. The predicted octanol–water partition coefficient (Wildman–Crippen LogP) is 0.783. The zero-order chi connectivity index (χ0) is 21.0. The van der Waals surface area contributed by atoms with Crippen LogP contribution in [0.25, 0.3) is 0 Å². The molecule has 1 aromatic carbocycles. The number of aromatic nitrogens is 2. The minimum Gasteiger partial charge on any atom is -0.451 e. The Kier molecular flexibility index (Phi) is 6.23. The largest absolute Gasteiger partial charge is 0.451 e. The Balaban J connectivity index is 1.55. The molecule has 1 aliphatic heterocycles. The lowest BCUT2D eigenvalue weighted by molar-refractivity contribution is -0.135. The molecule has 1 saturated heterocycles. The van der Waals surface area contributed by atoms with E-state index in [2.05, 4.69) is 9.97 Å². The highest BCUT2D eigenvalue weighted by Crippen LogP contribution is 2.22. The average molecular weight is 418 g/mol. The van der Waals surface area contributed by atoms with Crippen LogP contribution in [-0.4, -0.2) is 72.3 Å². The molecule has 0 aliphatic carbocycles. The summed E-state index contributed by atoms with van der Waals surface area (Å²) in [7, 11) is -3.63. The number of sulfonamides is 1. The average Bonchev–Trinajstić information content (AvgIpc) is 2.72. The third-order valence-corrected chi connectivity index (χ3v) is 6.70. The molecular formula is C19H22N4O5S. The molecule has 9 nitrogen and oxygen atoms in total. The van der Waals surface area contributed by atoms with Crippen molar-refractivity contribution in [2.75, 3.05) is 32.8 Å². The maximum Gasteiger partial charge on any atom is 0.359 e. The summed E-state index contributed by atoms with van der Waals surface area (Å²) >= 11 is 0. The first-order chi connectivity index (χ1) is 13.8. The topological polar surface area (TPSA) is 110 Å². The number of hydrogen-bond donors (Lipinski definition) is 0. The molecule has 154 valence electrons. The lowest BCUT2D eigenvalue weighted by atomic mass is 10.2. The van der Waals surface area contributed by atoms with E-state index >= 15 is 0 Å². The van der Waals surface area contributed by atoms with Gasteiger partial charge in [0.15, 0.2) is 12.3 Å². The van der Waals surface area contributed by atoms with Gasteiger partial charge in [0.1, 0.15) is 0 Å². The first-order valence-electron chi connectivity index (χ1n) is 9.07. The van der Waals surface area contributed by atoms with Crippen LogP contribution in [0.2, 0.25) is 0 Å². The Hall–Kier alpha value is -2.85. The molecule has 0 unspecified atom stereocenters. The van der Waals surface area contributed by atoms with Gasteiger partial charge in [0.2, 0.25) is 10.0 Å². The number of amides is 1. The number of esters is 1.